The van der Waals surface area contributed by atoms with Crippen LogP contribution in [0, 0.1) is 0 Å². The zero-order valence-electron chi connectivity index (χ0n) is 18.2. The zero-order chi connectivity index (χ0) is 23.4. The third-order valence-electron chi connectivity index (χ3n) is 5.48. The Morgan fingerprint density at radius 1 is 1.09 bits per heavy atom. The van der Waals surface area contributed by atoms with Gasteiger partial charge < -0.3 is 14.5 Å². The van der Waals surface area contributed by atoms with Crippen LogP contribution in [0.5, 0.6) is 5.75 Å². The number of amides is 3. The minimum absolute atomic E-state index is 0.219. The molecule has 0 spiro atoms. The average molecular weight is 530 g/mol. The van der Waals surface area contributed by atoms with Crippen molar-refractivity contribution in [2.75, 3.05) is 44.2 Å². The smallest absolute Gasteiger partial charge is 0.294 e. The highest BCUT2D eigenvalue weighted by Gasteiger charge is 2.37. The molecule has 0 N–H and O–H groups in total. The predicted molar refractivity (Wildman–Crippen MR) is 133 cm³/mol. The number of ether oxygens (including phenoxy) is 1. The number of hydrogen-bond donors (Lipinski definition) is 0. The highest BCUT2D eigenvalue weighted by Crippen LogP contribution is 2.35. The molecule has 0 saturated carbocycles. The predicted octanol–water partition coefficient (Wildman–Crippen LogP) is 4.23. The molecule has 0 radical (unpaired) electrons. The van der Waals surface area contributed by atoms with E-state index >= 15 is 0 Å². The Bertz CT molecular complexity index is 1080. The Labute approximate surface area is 205 Å². The largest absolute Gasteiger partial charge is 0.493 e. The van der Waals surface area contributed by atoms with Crippen LogP contribution in [0.4, 0.5) is 10.5 Å². The van der Waals surface area contributed by atoms with Gasteiger partial charge in [0.05, 0.1) is 11.5 Å². The molecule has 2 heterocycles. The number of hydrogen-bond acceptors (Lipinski definition) is 6. The van der Waals surface area contributed by atoms with Gasteiger partial charge in [0.2, 0.25) is 5.91 Å². The molecule has 4 rings (SSSR count). The lowest BCUT2D eigenvalue weighted by atomic mass is 10.2. The lowest BCUT2D eigenvalue weighted by Crippen LogP contribution is -2.51. The van der Waals surface area contributed by atoms with Gasteiger partial charge >= 0.3 is 0 Å². The van der Waals surface area contributed by atoms with Gasteiger partial charge in [0.15, 0.2) is 0 Å². The van der Waals surface area contributed by atoms with E-state index in [-0.39, 0.29) is 17.4 Å². The van der Waals surface area contributed by atoms with Crippen LogP contribution in [0.15, 0.2) is 57.9 Å². The van der Waals surface area contributed by atoms with Gasteiger partial charge in [-0.15, -0.1) is 0 Å². The number of rotatable bonds is 6. The molecule has 3 amide bonds. The Hall–Kier alpha value is -2.78. The molecule has 0 atom stereocenters. The van der Waals surface area contributed by atoms with E-state index in [0.29, 0.717) is 44.1 Å². The fourth-order valence-corrected chi connectivity index (χ4v) is 4.99. The molecule has 0 aromatic heterocycles. The van der Waals surface area contributed by atoms with Gasteiger partial charge in [-0.2, -0.15) is 0 Å². The highest BCUT2D eigenvalue weighted by atomic mass is 79.9. The number of carbonyl (C=O) groups is 3. The van der Waals surface area contributed by atoms with Crippen molar-refractivity contribution in [2.24, 2.45) is 0 Å². The third kappa shape index (κ3) is 5.42. The van der Waals surface area contributed by atoms with Crippen LogP contribution in [0.25, 0.3) is 6.08 Å². The van der Waals surface area contributed by atoms with Crippen molar-refractivity contribution < 1.29 is 19.1 Å². The molecular formula is C24H24BrN3O4S. The van der Waals surface area contributed by atoms with E-state index in [1.807, 2.05) is 55.5 Å². The lowest BCUT2D eigenvalue weighted by Gasteiger charge is -2.36. The monoisotopic (exact) mass is 529 g/mol. The molecule has 2 aliphatic heterocycles. The van der Waals surface area contributed by atoms with Crippen LogP contribution in [-0.4, -0.2) is 66.2 Å². The van der Waals surface area contributed by atoms with E-state index in [1.54, 1.807) is 11.0 Å². The molecule has 2 fully saturated rings. The van der Waals surface area contributed by atoms with Crippen LogP contribution < -0.4 is 9.64 Å². The molecule has 7 nitrogen and oxygen atoms in total. The molecule has 2 aliphatic rings. The quantitative estimate of drug-likeness (QED) is 0.521. The Morgan fingerprint density at radius 3 is 2.52 bits per heavy atom. The maximum atomic E-state index is 12.9. The summed E-state index contributed by atoms with van der Waals surface area (Å²) in [5.41, 5.74) is 1.82. The number of anilines is 1. The minimum atomic E-state index is -0.455. The SMILES string of the molecule is CCOc1ccc(Br)cc1/C=C1/SC(=O)N(CC(=O)N2CCN(c3ccccc3)CC2)C1=O. The molecule has 172 valence electrons. The van der Waals surface area contributed by atoms with Crippen LogP contribution in [0.2, 0.25) is 0 Å². The fraction of sp³-hybridized carbons (Fsp3) is 0.292. The summed E-state index contributed by atoms with van der Waals surface area (Å²) in [6.07, 6.45) is 1.64. The van der Waals surface area contributed by atoms with Crippen molar-refractivity contribution in [2.45, 2.75) is 6.92 Å². The number of benzene rings is 2. The van der Waals surface area contributed by atoms with E-state index in [4.69, 9.17) is 4.74 Å². The molecule has 2 saturated heterocycles. The van der Waals surface area contributed by atoms with Gasteiger partial charge in [-0.05, 0) is 55.1 Å². The highest BCUT2D eigenvalue weighted by molar-refractivity contribution is 9.10. The van der Waals surface area contributed by atoms with Gasteiger partial charge in [0, 0.05) is 41.9 Å². The Kier molecular flexibility index (Phi) is 7.39. The second-order valence-corrected chi connectivity index (χ2v) is 9.50. The number of thioether (sulfide) groups is 1. The molecule has 0 aliphatic carbocycles. The summed E-state index contributed by atoms with van der Waals surface area (Å²) >= 11 is 4.27. The second kappa shape index (κ2) is 10.4. The summed E-state index contributed by atoms with van der Waals surface area (Å²) < 4.78 is 6.46. The summed E-state index contributed by atoms with van der Waals surface area (Å²) in [5.74, 6) is -0.0488. The van der Waals surface area contributed by atoms with Crippen molar-refractivity contribution in [3.05, 3.63) is 63.5 Å². The normalized spacial score (nSPS) is 17.8. The van der Waals surface area contributed by atoms with Crippen LogP contribution in [0.3, 0.4) is 0 Å². The summed E-state index contributed by atoms with van der Waals surface area (Å²) in [6.45, 7) is 4.64. The topological polar surface area (TPSA) is 70.2 Å². The summed E-state index contributed by atoms with van der Waals surface area (Å²) in [4.78, 5) is 43.5. The van der Waals surface area contributed by atoms with E-state index in [1.165, 1.54) is 0 Å². The Balaban J connectivity index is 1.40. The molecule has 2 aromatic carbocycles. The van der Waals surface area contributed by atoms with Crippen LogP contribution >= 0.6 is 27.7 Å². The van der Waals surface area contributed by atoms with Crippen LogP contribution in [0.1, 0.15) is 12.5 Å². The van der Waals surface area contributed by atoms with Crippen molar-refractivity contribution in [3.8, 4) is 5.75 Å². The van der Waals surface area contributed by atoms with Gasteiger partial charge in [-0.25, -0.2) is 0 Å². The average Bonchev–Trinajstić information content (AvgIpc) is 3.09. The van der Waals surface area contributed by atoms with Gasteiger partial charge in [0.25, 0.3) is 11.1 Å². The first-order valence-corrected chi connectivity index (χ1v) is 12.3. The zero-order valence-corrected chi connectivity index (χ0v) is 20.6. The molecule has 33 heavy (non-hydrogen) atoms. The standard InChI is InChI=1S/C24H24BrN3O4S/c1-2-32-20-9-8-18(25)14-17(20)15-21-23(30)28(24(31)33-21)16-22(29)27-12-10-26(11-13-27)19-6-4-3-5-7-19/h3-9,14-15H,2,10-13,16H2,1H3/b21-15+. The first-order chi connectivity index (χ1) is 16.0. The molecule has 0 bridgehead atoms. The van der Waals surface area contributed by atoms with Crippen molar-refractivity contribution in [3.63, 3.8) is 0 Å². The maximum Gasteiger partial charge on any atom is 0.294 e. The van der Waals surface area contributed by atoms with Gasteiger partial charge in [0.1, 0.15) is 12.3 Å². The number of nitrogens with zero attached hydrogens (tertiary/aromatic N) is 3. The van der Waals surface area contributed by atoms with Crippen molar-refractivity contribution in [1.29, 1.82) is 0 Å². The van der Waals surface area contributed by atoms with E-state index in [9.17, 15) is 14.4 Å². The van der Waals surface area contributed by atoms with E-state index in [0.717, 1.165) is 26.8 Å². The molecule has 2 aromatic rings. The number of halogens is 1. The summed E-state index contributed by atoms with van der Waals surface area (Å²) in [7, 11) is 0. The lowest BCUT2D eigenvalue weighted by molar-refractivity contribution is -0.136. The van der Waals surface area contributed by atoms with Gasteiger partial charge in [-0.3, -0.25) is 19.3 Å². The second-order valence-electron chi connectivity index (χ2n) is 7.59. The fourth-order valence-electron chi connectivity index (χ4n) is 3.78. The van der Waals surface area contributed by atoms with Crippen LogP contribution in [-0.2, 0) is 9.59 Å². The third-order valence-corrected chi connectivity index (χ3v) is 6.88. The first kappa shape index (κ1) is 23.4. The number of carbonyl (C=O) groups excluding carboxylic acids is 3. The molecule has 0 unspecified atom stereocenters. The van der Waals surface area contributed by atoms with E-state index < -0.39 is 11.1 Å². The maximum absolute atomic E-state index is 12.9. The Morgan fingerprint density at radius 2 is 1.82 bits per heavy atom. The molecular weight excluding hydrogens is 506 g/mol. The molecule has 9 heteroatoms. The van der Waals surface area contributed by atoms with Crippen molar-refractivity contribution in [1.82, 2.24) is 9.80 Å². The number of imide groups is 1. The minimum Gasteiger partial charge on any atom is -0.493 e. The van der Waals surface area contributed by atoms with E-state index in [2.05, 4.69) is 20.8 Å². The number of para-hydroxylation sites is 1. The first-order valence-electron chi connectivity index (χ1n) is 10.7. The number of piperazine rings is 1. The van der Waals surface area contributed by atoms with Crippen molar-refractivity contribution >= 4 is 56.5 Å². The summed E-state index contributed by atoms with van der Waals surface area (Å²) in [6, 6.07) is 15.5. The van der Waals surface area contributed by atoms with Gasteiger partial charge in [-0.1, -0.05) is 34.1 Å². The summed E-state index contributed by atoms with van der Waals surface area (Å²) in [5, 5.41) is -0.435.